The first-order chi connectivity index (χ1) is 10.5. The lowest BCUT2D eigenvalue weighted by atomic mass is 10.2. The number of aromatic amines is 1. The first-order valence-corrected chi connectivity index (χ1v) is 6.79. The van der Waals surface area contributed by atoms with Gasteiger partial charge in [0.25, 0.3) is 5.91 Å². The van der Waals surface area contributed by atoms with Crippen LogP contribution in [0.15, 0.2) is 40.8 Å². The molecule has 1 amide bonds. The summed E-state index contributed by atoms with van der Waals surface area (Å²) in [6, 6.07) is 9.16. The largest absolute Gasteiger partial charge is 0.460 e. The second kappa shape index (κ2) is 5.65. The Balaban J connectivity index is 1.78. The van der Waals surface area contributed by atoms with Crippen LogP contribution in [0, 0.1) is 12.7 Å². The second-order valence-electron chi connectivity index (χ2n) is 4.66. The third-order valence-corrected chi connectivity index (χ3v) is 3.30. The predicted molar refractivity (Wildman–Crippen MR) is 80.4 cm³/mol. The van der Waals surface area contributed by atoms with Crippen LogP contribution in [0.5, 0.6) is 0 Å². The Labute approximate surface area is 130 Å². The number of carbonyl (C=O) groups excluding carboxylic acids is 1. The van der Waals surface area contributed by atoms with E-state index in [0.29, 0.717) is 17.1 Å². The molecule has 0 aliphatic carbocycles. The highest BCUT2D eigenvalue weighted by Crippen LogP contribution is 2.22. The highest BCUT2D eigenvalue weighted by molar-refractivity contribution is 6.30. The number of hydrogen-bond acceptors (Lipinski definition) is 3. The quantitative estimate of drug-likeness (QED) is 0.766. The molecule has 0 unspecified atom stereocenters. The lowest BCUT2D eigenvalue weighted by Gasteiger charge is -2.03. The van der Waals surface area contributed by atoms with Crippen molar-refractivity contribution in [3.8, 4) is 11.5 Å². The van der Waals surface area contributed by atoms with Gasteiger partial charge in [0, 0.05) is 11.8 Å². The van der Waals surface area contributed by atoms with Crippen molar-refractivity contribution in [3.63, 3.8) is 0 Å². The molecule has 0 aliphatic heterocycles. The molecule has 0 bridgehead atoms. The zero-order valence-electron chi connectivity index (χ0n) is 11.5. The van der Waals surface area contributed by atoms with E-state index in [9.17, 15) is 9.18 Å². The normalized spacial score (nSPS) is 10.7. The summed E-state index contributed by atoms with van der Waals surface area (Å²) in [5.74, 6) is 0.273. The fourth-order valence-corrected chi connectivity index (χ4v) is 2.03. The van der Waals surface area contributed by atoms with Crippen LogP contribution in [0.4, 0.5) is 10.1 Å². The van der Waals surface area contributed by atoms with E-state index in [-0.39, 0.29) is 10.7 Å². The number of carbonyl (C=O) groups is 1. The molecule has 0 spiro atoms. The summed E-state index contributed by atoms with van der Waals surface area (Å²) in [5.41, 5.74) is 1.05. The maximum Gasteiger partial charge on any atom is 0.276 e. The topological polar surface area (TPSA) is 70.9 Å². The molecule has 5 nitrogen and oxygen atoms in total. The van der Waals surface area contributed by atoms with Crippen molar-refractivity contribution in [2.24, 2.45) is 0 Å². The molecule has 0 radical (unpaired) electrons. The van der Waals surface area contributed by atoms with Crippen LogP contribution < -0.4 is 5.32 Å². The van der Waals surface area contributed by atoms with Gasteiger partial charge in [0.2, 0.25) is 0 Å². The highest BCUT2D eigenvalue weighted by Gasteiger charge is 2.14. The van der Waals surface area contributed by atoms with Crippen molar-refractivity contribution in [1.29, 1.82) is 0 Å². The molecule has 0 saturated heterocycles. The molecule has 0 saturated carbocycles. The summed E-state index contributed by atoms with van der Waals surface area (Å²) >= 11 is 5.59. The predicted octanol–water partition coefficient (Wildman–Crippen LogP) is 4.02. The molecule has 2 heterocycles. The number of aromatic nitrogens is 2. The van der Waals surface area contributed by atoms with E-state index in [1.165, 1.54) is 12.1 Å². The number of amides is 1. The second-order valence-corrected chi connectivity index (χ2v) is 5.07. The van der Waals surface area contributed by atoms with Gasteiger partial charge in [0.1, 0.15) is 17.3 Å². The van der Waals surface area contributed by atoms with Gasteiger partial charge in [0.05, 0.1) is 5.02 Å². The van der Waals surface area contributed by atoms with Gasteiger partial charge in [-0.15, -0.1) is 0 Å². The fraction of sp³-hybridized carbons (Fsp3) is 0.0667. The minimum atomic E-state index is -0.603. The van der Waals surface area contributed by atoms with E-state index in [1.54, 1.807) is 12.1 Å². The Morgan fingerprint density at radius 1 is 1.32 bits per heavy atom. The van der Waals surface area contributed by atoms with Gasteiger partial charge in [-0.3, -0.25) is 9.89 Å². The van der Waals surface area contributed by atoms with Crippen LogP contribution in [0.25, 0.3) is 11.5 Å². The van der Waals surface area contributed by atoms with E-state index < -0.39 is 11.7 Å². The lowest BCUT2D eigenvalue weighted by Crippen LogP contribution is -2.12. The summed E-state index contributed by atoms with van der Waals surface area (Å²) < 4.78 is 18.8. The minimum Gasteiger partial charge on any atom is -0.460 e. The zero-order chi connectivity index (χ0) is 15.7. The molecular weight excluding hydrogens is 309 g/mol. The molecule has 0 aliphatic rings. The summed E-state index contributed by atoms with van der Waals surface area (Å²) in [7, 11) is 0. The Hall–Kier alpha value is -2.60. The number of aryl methyl sites for hydroxylation is 1. The van der Waals surface area contributed by atoms with Gasteiger partial charge in [-0.05, 0) is 37.3 Å². The molecule has 22 heavy (non-hydrogen) atoms. The molecule has 0 fully saturated rings. The first-order valence-electron chi connectivity index (χ1n) is 6.41. The van der Waals surface area contributed by atoms with E-state index in [2.05, 4.69) is 15.5 Å². The Morgan fingerprint density at radius 2 is 2.14 bits per heavy atom. The van der Waals surface area contributed by atoms with E-state index in [0.717, 1.165) is 11.8 Å². The number of nitrogens with zero attached hydrogens (tertiary/aromatic N) is 1. The minimum absolute atomic E-state index is 0.00626. The average Bonchev–Trinajstić information content (AvgIpc) is 3.11. The van der Waals surface area contributed by atoms with Crippen LogP contribution in [-0.2, 0) is 0 Å². The molecule has 7 heteroatoms. The molecule has 3 rings (SSSR count). The monoisotopic (exact) mass is 319 g/mol. The Kier molecular flexibility index (Phi) is 3.68. The molecular formula is C15H11ClFN3O2. The van der Waals surface area contributed by atoms with Crippen LogP contribution >= 0.6 is 11.6 Å². The van der Waals surface area contributed by atoms with E-state index in [4.69, 9.17) is 16.0 Å². The van der Waals surface area contributed by atoms with Gasteiger partial charge < -0.3 is 9.73 Å². The number of hydrogen-bond donors (Lipinski definition) is 2. The van der Waals surface area contributed by atoms with Crippen molar-refractivity contribution in [1.82, 2.24) is 10.2 Å². The maximum atomic E-state index is 13.3. The number of furan rings is 1. The maximum absolute atomic E-state index is 13.3. The Morgan fingerprint density at radius 3 is 2.82 bits per heavy atom. The third-order valence-electron chi connectivity index (χ3n) is 2.99. The number of nitrogens with one attached hydrogen (secondary N) is 2. The van der Waals surface area contributed by atoms with Crippen LogP contribution in [0.1, 0.15) is 16.2 Å². The van der Waals surface area contributed by atoms with Crippen molar-refractivity contribution < 1.29 is 13.6 Å². The van der Waals surface area contributed by atoms with E-state index >= 15 is 0 Å². The Bertz CT molecular complexity index is 841. The molecule has 2 aromatic heterocycles. The SMILES string of the molecule is Cc1ccc(-c2cc(C(=O)Nc3ccc(Cl)c(F)c3)n[nH]2)o1. The molecule has 2 N–H and O–H groups in total. The van der Waals surface area contributed by atoms with Gasteiger partial charge in [-0.1, -0.05) is 11.6 Å². The third kappa shape index (κ3) is 2.87. The average molecular weight is 320 g/mol. The lowest BCUT2D eigenvalue weighted by molar-refractivity contribution is 0.102. The first kappa shape index (κ1) is 14.3. The van der Waals surface area contributed by atoms with Gasteiger partial charge in [0.15, 0.2) is 11.5 Å². The smallest absolute Gasteiger partial charge is 0.276 e. The van der Waals surface area contributed by atoms with Crippen LogP contribution in [0.3, 0.4) is 0 Å². The molecule has 112 valence electrons. The van der Waals surface area contributed by atoms with E-state index in [1.807, 2.05) is 13.0 Å². The number of H-pyrrole nitrogens is 1. The standard InChI is InChI=1S/C15H11ClFN3O2/c1-8-2-5-14(22-8)12-7-13(20-19-12)15(21)18-9-3-4-10(16)11(17)6-9/h2-7H,1H3,(H,18,21)(H,19,20). The van der Waals surface area contributed by atoms with Crippen molar-refractivity contribution in [3.05, 3.63) is 58.7 Å². The van der Waals surface area contributed by atoms with Crippen molar-refractivity contribution in [2.45, 2.75) is 6.92 Å². The summed E-state index contributed by atoms with van der Waals surface area (Å²) in [4.78, 5) is 12.1. The van der Waals surface area contributed by atoms with Crippen molar-refractivity contribution in [2.75, 3.05) is 5.32 Å². The van der Waals surface area contributed by atoms with Gasteiger partial charge in [-0.2, -0.15) is 5.10 Å². The van der Waals surface area contributed by atoms with Crippen LogP contribution in [0.2, 0.25) is 5.02 Å². The zero-order valence-corrected chi connectivity index (χ0v) is 12.2. The molecule has 0 atom stereocenters. The summed E-state index contributed by atoms with van der Waals surface area (Å²) in [5, 5.41) is 9.18. The van der Waals surface area contributed by atoms with Gasteiger partial charge >= 0.3 is 0 Å². The number of rotatable bonds is 3. The van der Waals surface area contributed by atoms with Crippen LogP contribution in [-0.4, -0.2) is 16.1 Å². The highest BCUT2D eigenvalue weighted by atomic mass is 35.5. The summed E-state index contributed by atoms with van der Waals surface area (Å²) in [6.45, 7) is 1.82. The molecule has 1 aromatic carbocycles. The fourth-order valence-electron chi connectivity index (χ4n) is 1.91. The van der Waals surface area contributed by atoms with Gasteiger partial charge in [-0.25, -0.2) is 4.39 Å². The number of anilines is 1. The van der Waals surface area contributed by atoms with Crippen molar-refractivity contribution >= 4 is 23.2 Å². The summed E-state index contributed by atoms with van der Waals surface area (Å²) in [6.07, 6.45) is 0. The number of benzene rings is 1. The number of halogens is 2. The molecule has 3 aromatic rings.